The Morgan fingerprint density at radius 2 is 2.00 bits per heavy atom. The number of carbonyl (C=O) groups excluding carboxylic acids is 1. The number of primary amides is 1. The number of amides is 1. The fourth-order valence-electron chi connectivity index (χ4n) is 2.31. The minimum atomic E-state index is -0.852. The van der Waals surface area contributed by atoms with Crippen LogP contribution in [-0.2, 0) is 11.3 Å². The zero-order chi connectivity index (χ0) is 15.5. The van der Waals surface area contributed by atoms with Gasteiger partial charge in [0.25, 0.3) is 5.91 Å². The standard InChI is InChI=1S/C17H15N3O2/c18-17(22)16(21)9-13-6-7-15-14(8-13)19-11-20(15)10-12-4-2-1-3-5-12/h1-9,11,21H,10H2,(H2,18,22)/b16-9-. The molecule has 0 atom stereocenters. The molecule has 0 aliphatic rings. The van der Waals surface area contributed by atoms with E-state index < -0.39 is 11.7 Å². The molecule has 5 nitrogen and oxygen atoms in total. The van der Waals surface area contributed by atoms with E-state index in [4.69, 9.17) is 5.73 Å². The summed E-state index contributed by atoms with van der Waals surface area (Å²) < 4.78 is 2.05. The zero-order valence-corrected chi connectivity index (χ0v) is 11.8. The highest BCUT2D eigenvalue weighted by molar-refractivity contribution is 5.94. The Labute approximate surface area is 127 Å². The number of carbonyl (C=O) groups is 1. The lowest BCUT2D eigenvalue weighted by Crippen LogP contribution is -2.12. The lowest BCUT2D eigenvalue weighted by atomic mass is 10.1. The van der Waals surface area contributed by atoms with Gasteiger partial charge >= 0.3 is 0 Å². The van der Waals surface area contributed by atoms with E-state index in [1.54, 1.807) is 12.4 Å². The molecular formula is C17H15N3O2. The number of aliphatic hydroxyl groups excluding tert-OH is 1. The Kier molecular flexibility index (Phi) is 3.62. The maximum atomic E-state index is 10.9. The van der Waals surface area contributed by atoms with Crippen LogP contribution < -0.4 is 5.73 Å². The first-order valence-corrected chi connectivity index (χ1v) is 6.83. The molecule has 0 aliphatic carbocycles. The van der Waals surface area contributed by atoms with Crippen molar-refractivity contribution in [3.63, 3.8) is 0 Å². The molecule has 3 N–H and O–H groups in total. The van der Waals surface area contributed by atoms with Crippen LogP contribution in [0.4, 0.5) is 0 Å². The van der Waals surface area contributed by atoms with Gasteiger partial charge in [-0.2, -0.15) is 0 Å². The van der Waals surface area contributed by atoms with E-state index >= 15 is 0 Å². The number of hydrogen-bond donors (Lipinski definition) is 2. The summed E-state index contributed by atoms with van der Waals surface area (Å²) in [6, 6.07) is 15.6. The van der Waals surface area contributed by atoms with Crippen LogP contribution in [0.5, 0.6) is 0 Å². The van der Waals surface area contributed by atoms with Crippen molar-refractivity contribution in [3.8, 4) is 0 Å². The summed E-state index contributed by atoms with van der Waals surface area (Å²) in [6.45, 7) is 0.735. The average molecular weight is 293 g/mol. The van der Waals surface area contributed by atoms with E-state index in [1.165, 1.54) is 11.6 Å². The Bertz CT molecular complexity index is 851. The number of aromatic nitrogens is 2. The fourth-order valence-corrected chi connectivity index (χ4v) is 2.31. The molecule has 110 valence electrons. The molecule has 3 aromatic rings. The van der Waals surface area contributed by atoms with Crippen molar-refractivity contribution < 1.29 is 9.90 Å². The van der Waals surface area contributed by atoms with E-state index in [1.807, 2.05) is 34.9 Å². The van der Waals surface area contributed by atoms with E-state index in [0.717, 1.165) is 17.6 Å². The zero-order valence-electron chi connectivity index (χ0n) is 11.8. The third kappa shape index (κ3) is 2.83. The van der Waals surface area contributed by atoms with Crippen molar-refractivity contribution in [3.05, 3.63) is 71.7 Å². The molecule has 0 unspecified atom stereocenters. The van der Waals surface area contributed by atoms with Gasteiger partial charge in [0.15, 0.2) is 5.76 Å². The number of nitrogens with two attached hydrogens (primary N) is 1. The van der Waals surface area contributed by atoms with Crippen LogP contribution in [0.25, 0.3) is 17.1 Å². The third-order valence-corrected chi connectivity index (χ3v) is 3.40. The second-order valence-corrected chi connectivity index (χ2v) is 5.00. The van der Waals surface area contributed by atoms with Gasteiger partial charge in [-0.25, -0.2) is 4.98 Å². The summed E-state index contributed by atoms with van der Waals surface area (Å²) in [6.07, 6.45) is 3.11. The van der Waals surface area contributed by atoms with Gasteiger partial charge in [-0.3, -0.25) is 4.79 Å². The molecule has 0 saturated carbocycles. The van der Waals surface area contributed by atoms with E-state index in [0.29, 0.717) is 5.56 Å². The highest BCUT2D eigenvalue weighted by atomic mass is 16.3. The molecule has 0 aliphatic heterocycles. The Morgan fingerprint density at radius 1 is 1.23 bits per heavy atom. The predicted octanol–water partition coefficient (Wildman–Crippen LogP) is 2.47. The van der Waals surface area contributed by atoms with Crippen molar-refractivity contribution in [2.24, 2.45) is 5.73 Å². The first kappa shape index (κ1) is 13.9. The Balaban J connectivity index is 1.93. The van der Waals surface area contributed by atoms with Gasteiger partial charge in [-0.05, 0) is 29.3 Å². The van der Waals surface area contributed by atoms with E-state index in [2.05, 4.69) is 17.1 Å². The highest BCUT2D eigenvalue weighted by Crippen LogP contribution is 2.18. The van der Waals surface area contributed by atoms with Crippen LogP contribution >= 0.6 is 0 Å². The SMILES string of the molecule is NC(=O)/C(O)=C/c1ccc2c(c1)ncn2Cc1ccccc1. The normalized spacial score (nSPS) is 11.7. The summed E-state index contributed by atoms with van der Waals surface area (Å²) in [7, 11) is 0. The first-order chi connectivity index (χ1) is 10.6. The molecule has 22 heavy (non-hydrogen) atoms. The number of rotatable bonds is 4. The Morgan fingerprint density at radius 3 is 2.73 bits per heavy atom. The lowest BCUT2D eigenvalue weighted by molar-refractivity contribution is -0.116. The molecule has 0 spiro atoms. The molecule has 3 rings (SSSR count). The van der Waals surface area contributed by atoms with Crippen LogP contribution in [0.2, 0.25) is 0 Å². The first-order valence-electron chi connectivity index (χ1n) is 6.83. The number of fused-ring (bicyclic) bond motifs is 1. The minimum absolute atomic E-state index is 0.469. The quantitative estimate of drug-likeness (QED) is 0.572. The molecular weight excluding hydrogens is 278 g/mol. The lowest BCUT2D eigenvalue weighted by Gasteiger charge is -2.04. The Hall–Kier alpha value is -3.08. The average Bonchev–Trinajstić information content (AvgIpc) is 2.90. The summed E-state index contributed by atoms with van der Waals surface area (Å²) in [5.74, 6) is -1.32. The number of aliphatic hydroxyl groups is 1. The summed E-state index contributed by atoms with van der Waals surface area (Å²) in [4.78, 5) is 15.2. The number of hydrogen-bond acceptors (Lipinski definition) is 3. The maximum Gasteiger partial charge on any atom is 0.283 e. The molecule has 1 aromatic heterocycles. The highest BCUT2D eigenvalue weighted by Gasteiger charge is 2.06. The van der Waals surface area contributed by atoms with Gasteiger partial charge in [-0.1, -0.05) is 36.4 Å². The summed E-state index contributed by atoms with van der Waals surface area (Å²) in [5.41, 5.74) is 8.66. The number of nitrogens with zero attached hydrogens (tertiary/aromatic N) is 2. The third-order valence-electron chi connectivity index (χ3n) is 3.40. The predicted molar refractivity (Wildman–Crippen MR) is 85.1 cm³/mol. The van der Waals surface area contributed by atoms with Gasteiger partial charge in [0, 0.05) is 6.54 Å². The second-order valence-electron chi connectivity index (χ2n) is 5.00. The fraction of sp³-hybridized carbons (Fsp3) is 0.0588. The van der Waals surface area contributed by atoms with Crippen molar-refractivity contribution in [1.29, 1.82) is 0 Å². The maximum absolute atomic E-state index is 10.9. The number of benzene rings is 2. The molecule has 0 fully saturated rings. The second kappa shape index (κ2) is 5.73. The summed E-state index contributed by atoms with van der Waals surface area (Å²) >= 11 is 0. The topological polar surface area (TPSA) is 81.1 Å². The molecule has 1 heterocycles. The van der Waals surface area contributed by atoms with Gasteiger partial charge in [-0.15, -0.1) is 0 Å². The molecule has 0 radical (unpaired) electrons. The smallest absolute Gasteiger partial charge is 0.283 e. The molecule has 5 heteroatoms. The van der Waals surface area contributed by atoms with Gasteiger partial charge < -0.3 is 15.4 Å². The number of imidazole rings is 1. The molecule has 0 saturated heterocycles. The summed E-state index contributed by atoms with van der Waals surface area (Å²) in [5, 5.41) is 9.41. The van der Waals surface area contributed by atoms with E-state index in [-0.39, 0.29) is 0 Å². The van der Waals surface area contributed by atoms with Gasteiger partial charge in [0.2, 0.25) is 0 Å². The van der Waals surface area contributed by atoms with Crippen molar-refractivity contribution in [1.82, 2.24) is 9.55 Å². The van der Waals surface area contributed by atoms with Crippen LogP contribution in [0.1, 0.15) is 11.1 Å². The van der Waals surface area contributed by atoms with Crippen molar-refractivity contribution >= 4 is 23.0 Å². The van der Waals surface area contributed by atoms with E-state index in [9.17, 15) is 9.90 Å². The van der Waals surface area contributed by atoms with Crippen molar-refractivity contribution in [2.45, 2.75) is 6.54 Å². The molecule has 1 amide bonds. The van der Waals surface area contributed by atoms with Gasteiger partial charge in [0.05, 0.1) is 17.4 Å². The molecule has 2 aromatic carbocycles. The minimum Gasteiger partial charge on any atom is -0.503 e. The molecule has 0 bridgehead atoms. The largest absolute Gasteiger partial charge is 0.503 e. The monoisotopic (exact) mass is 293 g/mol. The van der Waals surface area contributed by atoms with Crippen LogP contribution in [-0.4, -0.2) is 20.6 Å². The van der Waals surface area contributed by atoms with Gasteiger partial charge in [0.1, 0.15) is 0 Å². The van der Waals surface area contributed by atoms with Crippen molar-refractivity contribution in [2.75, 3.05) is 0 Å². The van der Waals surface area contributed by atoms with Crippen LogP contribution in [0.3, 0.4) is 0 Å². The van der Waals surface area contributed by atoms with Crippen LogP contribution in [0.15, 0.2) is 60.6 Å². The van der Waals surface area contributed by atoms with Crippen LogP contribution in [0, 0.1) is 0 Å².